The van der Waals surface area contributed by atoms with Crippen molar-refractivity contribution in [3.63, 3.8) is 0 Å². The smallest absolute Gasteiger partial charge is 0.169 e. The van der Waals surface area contributed by atoms with Crippen LogP contribution in [0.1, 0.15) is 40.0 Å². The van der Waals surface area contributed by atoms with E-state index in [1.165, 1.54) is 0 Å². The van der Waals surface area contributed by atoms with Crippen molar-refractivity contribution in [1.29, 1.82) is 0 Å². The van der Waals surface area contributed by atoms with Crippen molar-refractivity contribution < 1.29 is 4.39 Å². The Morgan fingerprint density at radius 2 is 2.15 bits per heavy atom. The normalized spacial score (nSPS) is 32.1. The molecule has 1 heterocycles. The summed E-state index contributed by atoms with van der Waals surface area (Å²) in [4.78, 5) is 1.90. The fourth-order valence-electron chi connectivity index (χ4n) is 1.83. The number of likely N-dealkylation sites (tertiary alicyclic amines) is 1. The number of hydrogen-bond donors (Lipinski definition) is 1. The minimum absolute atomic E-state index is 0.0581. The zero-order chi connectivity index (χ0) is 10.1. The van der Waals surface area contributed by atoms with E-state index in [0.29, 0.717) is 0 Å². The Hall–Kier alpha value is -0.150. The van der Waals surface area contributed by atoms with Crippen LogP contribution in [0.3, 0.4) is 0 Å². The summed E-state index contributed by atoms with van der Waals surface area (Å²) in [6, 6.07) is -0.292. The van der Waals surface area contributed by atoms with Crippen molar-refractivity contribution in [1.82, 2.24) is 4.90 Å². The SMILES string of the molecule is CCC(C)(C)N1CCCC(N)C1F. The molecule has 0 saturated carbocycles. The molecule has 0 bridgehead atoms. The summed E-state index contributed by atoms with van der Waals surface area (Å²) in [5, 5.41) is 0. The molecule has 0 amide bonds. The highest BCUT2D eigenvalue weighted by Gasteiger charge is 2.36. The second-order valence-corrected chi connectivity index (χ2v) is 4.54. The summed E-state index contributed by atoms with van der Waals surface area (Å²) >= 11 is 0. The first-order valence-corrected chi connectivity index (χ1v) is 5.15. The van der Waals surface area contributed by atoms with Crippen LogP contribution >= 0.6 is 0 Å². The van der Waals surface area contributed by atoms with Gasteiger partial charge in [0.2, 0.25) is 0 Å². The summed E-state index contributed by atoms with van der Waals surface area (Å²) < 4.78 is 13.7. The Morgan fingerprint density at radius 3 is 2.69 bits per heavy atom. The first-order valence-electron chi connectivity index (χ1n) is 5.15. The van der Waals surface area contributed by atoms with Gasteiger partial charge in [0, 0.05) is 18.1 Å². The van der Waals surface area contributed by atoms with E-state index < -0.39 is 6.30 Å². The zero-order valence-corrected chi connectivity index (χ0v) is 8.89. The number of alkyl halides is 1. The Labute approximate surface area is 80.3 Å². The topological polar surface area (TPSA) is 29.3 Å². The molecule has 0 aliphatic carbocycles. The predicted octanol–water partition coefficient (Wildman–Crippen LogP) is 1.89. The molecule has 1 aliphatic rings. The Bertz CT molecular complexity index is 170. The van der Waals surface area contributed by atoms with Gasteiger partial charge in [-0.15, -0.1) is 0 Å². The number of piperidine rings is 1. The molecule has 2 N–H and O–H groups in total. The number of hydrogen-bond acceptors (Lipinski definition) is 2. The van der Waals surface area contributed by atoms with Gasteiger partial charge < -0.3 is 5.73 Å². The largest absolute Gasteiger partial charge is 0.324 e. The summed E-state index contributed by atoms with van der Waals surface area (Å²) in [5.41, 5.74) is 5.65. The predicted molar refractivity (Wildman–Crippen MR) is 53.2 cm³/mol. The minimum Gasteiger partial charge on any atom is -0.324 e. The summed E-state index contributed by atoms with van der Waals surface area (Å²) in [6.45, 7) is 7.10. The molecule has 0 aromatic rings. The third-order valence-electron chi connectivity index (χ3n) is 3.23. The van der Waals surface area contributed by atoms with E-state index in [0.717, 1.165) is 25.8 Å². The van der Waals surface area contributed by atoms with Gasteiger partial charge in [-0.05, 0) is 33.1 Å². The molecule has 0 radical (unpaired) electrons. The van der Waals surface area contributed by atoms with Gasteiger partial charge in [-0.2, -0.15) is 0 Å². The van der Waals surface area contributed by atoms with E-state index in [1.54, 1.807) is 0 Å². The van der Waals surface area contributed by atoms with Crippen molar-refractivity contribution in [3.8, 4) is 0 Å². The second-order valence-electron chi connectivity index (χ2n) is 4.54. The average molecular weight is 188 g/mol. The third kappa shape index (κ3) is 2.20. The first kappa shape index (κ1) is 10.9. The van der Waals surface area contributed by atoms with E-state index in [9.17, 15) is 4.39 Å². The lowest BCUT2D eigenvalue weighted by atomic mass is 9.94. The molecular weight excluding hydrogens is 167 g/mol. The number of rotatable bonds is 2. The van der Waals surface area contributed by atoms with Crippen LogP contribution in [-0.2, 0) is 0 Å². The lowest BCUT2D eigenvalue weighted by Crippen LogP contribution is -2.57. The van der Waals surface area contributed by atoms with Gasteiger partial charge in [-0.1, -0.05) is 6.92 Å². The molecule has 0 spiro atoms. The van der Waals surface area contributed by atoms with Crippen LogP contribution in [0.25, 0.3) is 0 Å². The monoisotopic (exact) mass is 188 g/mol. The molecule has 2 unspecified atom stereocenters. The number of nitrogens with two attached hydrogens (primary N) is 1. The molecule has 2 nitrogen and oxygen atoms in total. The van der Waals surface area contributed by atoms with Gasteiger partial charge in [0.1, 0.15) is 0 Å². The van der Waals surface area contributed by atoms with Crippen molar-refractivity contribution >= 4 is 0 Å². The molecule has 2 atom stereocenters. The van der Waals surface area contributed by atoms with Crippen LogP contribution in [-0.4, -0.2) is 29.3 Å². The van der Waals surface area contributed by atoms with Crippen molar-refractivity contribution in [2.24, 2.45) is 5.73 Å². The lowest BCUT2D eigenvalue weighted by molar-refractivity contribution is -0.0416. The van der Waals surface area contributed by atoms with E-state index in [1.807, 2.05) is 4.90 Å². The molecular formula is C10H21FN2. The maximum Gasteiger partial charge on any atom is 0.169 e. The first-order chi connectivity index (χ1) is 5.99. The van der Waals surface area contributed by atoms with Gasteiger partial charge >= 0.3 is 0 Å². The van der Waals surface area contributed by atoms with Gasteiger partial charge in [-0.25, -0.2) is 4.39 Å². The highest BCUT2D eigenvalue weighted by Crippen LogP contribution is 2.27. The van der Waals surface area contributed by atoms with Crippen LogP contribution in [0.4, 0.5) is 4.39 Å². The van der Waals surface area contributed by atoms with Crippen LogP contribution in [0.5, 0.6) is 0 Å². The quantitative estimate of drug-likeness (QED) is 0.671. The lowest BCUT2D eigenvalue weighted by Gasteiger charge is -2.44. The van der Waals surface area contributed by atoms with Crippen molar-refractivity contribution in [3.05, 3.63) is 0 Å². The molecule has 0 aromatic heterocycles. The summed E-state index contributed by atoms with van der Waals surface area (Å²) in [6.07, 6.45) is 1.84. The molecule has 1 fully saturated rings. The number of halogens is 1. The fourth-order valence-corrected chi connectivity index (χ4v) is 1.83. The Kier molecular flexibility index (Phi) is 3.30. The molecule has 13 heavy (non-hydrogen) atoms. The summed E-state index contributed by atoms with van der Waals surface area (Å²) in [5.74, 6) is 0. The van der Waals surface area contributed by atoms with E-state index in [4.69, 9.17) is 5.73 Å². The van der Waals surface area contributed by atoms with E-state index in [2.05, 4.69) is 20.8 Å². The van der Waals surface area contributed by atoms with E-state index in [-0.39, 0.29) is 11.6 Å². The number of nitrogens with zero attached hydrogens (tertiary/aromatic N) is 1. The van der Waals surface area contributed by atoms with Gasteiger partial charge in [-0.3, -0.25) is 4.90 Å². The van der Waals surface area contributed by atoms with Crippen molar-refractivity contribution in [2.75, 3.05) is 6.54 Å². The molecule has 1 rings (SSSR count). The van der Waals surface area contributed by atoms with Gasteiger partial charge in [0.15, 0.2) is 6.30 Å². The van der Waals surface area contributed by atoms with Gasteiger partial charge in [0.05, 0.1) is 0 Å². The maximum atomic E-state index is 13.7. The standard InChI is InChI=1S/C10H21FN2/c1-4-10(2,3)13-7-5-6-8(12)9(13)11/h8-9H,4-7,12H2,1-3H3. The molecule has 3 heteroatoms. The minimum atomic E-state index is -0.955. The Morgan fingerprint density at radius 1 is 1.54 bits per heavy atom. The van der Waals surface area contributed by atoms with Crippen molar-refractivity contribution in [2.45, 2.75) is 57.9 Å². The second kappa shape index (κ2) is 3.93. The van der Waals surface area contributed by atoms with Gasteiger partial charge in [0.25, 0.3) is 0 Å². The Balaban J connectivity index is 2.67. The van der Waals surface area contributed by atoms with Crippen LogP contribution < -0.4 is 5.73 Å². The van der Waals surface area contributed by atoms with Crippen LogP contribution in [0.2, 0.25) is 0 Å². The summed E-state index contributed by atoms with van der Waals surface area (Å²) in [7, 11) is 0. The molecule has 0 aromatic carbocycles. The molecule has 78 valence electrons. The van der Waals surface area contributed by atoms with E-state index >= 15 is 0 Å². The highest BCUT2D eigenvalue weighted by molar-refractivity contribution is 4.89. The highest BCUT2D eigenvalue weighted by atomic mass is 19.1. The fraction of sp³-hybridized carbons (Fsp3) is 1.00. The maximum absolute atomic E-state index is 13.7. The molecule has 1 aliphatic heterocycles. The van der Waals surface area contributed by atoms with Crippen LogP contribution in [0, 0.1) is 0 Å². The average Bonchev–Trinajstić information content (AvgIpc) is 2.09. The molecule has 1 saturated heterocycles. The van der Waals surface area contributed by atoms with Crippen LogP contribution in [0.15, 0.2) is 0 Å². The zero-order valence-electron chi connectivity index (χ0n) is 8.89. The third-order valence-corrected chi connectivity index (χ3v) is 3.23.